The number of halogens is 2. The van der Waals surface area contributed by atoms with Gasteiger partial charge in [-0.15, -0.1) is 0 Å². The molecule has 2 aromatic carbocycles. The Hall–Kier alpha value is -3.22. The SMILES string of the molecule is COc1ccc(CN(C)C(=O)c2nn(-c3ccc(F)cc3)c3c2CCC3)cc1F. The topological polar surface area (TPSA) is 47.4 Å². The first-order chi connectivity index (χ1) is 14.0. The molecule has 29 heavy (non-hydrogen) atoms. The van der Waals surface area contributed by atoms with Gasteiger partial charge in [0.1, 0.15) is 5.82 Å². The molecule has 1 aliphatic rings. The highest BCUT2D eigenvalue weighted by Crippen LogP contribution is 2.29. The lowest BCUT2D eigenvalue weighted by molar-refractivity contribution is 0.0777. The number of amides is 1. The highest BCUT2D eigenvalue weighted by molar-refractivity contribution is 5.94. The van der Waals surface area contributed by atoms with Gasteiger partial charge in [0.25, 0.3) is 5.91 Å². The van der Waals surface area contributed by atoms with Crippen LogP contribution in [0.3, 0.4) is 0 Å². The van der Waals surface area contributed by atoms with Gasteiger partial charge in [0.15, 0.2) is 17.3 Å². The zero-order valence-electron chi connectivity index (χ0n) is 16.3. The Kier molecular flexibility index (Phi) is 5.05. The normalized spacial score (nSPS) is 12.7. The molecule has 1 heterocycles. The second kappa shape index (κ2) is 7.66. The third-order valence-corrected chi connectivity index (χ3v) is 5.19. The molecule has 3 aromatic rings. The number of carbonyl (C=O) groups is 1. The molecule has 1 aliphatic carbocycles. The van der Waals surface area contributed by atoms with E-state index in [0.29, 0.717) is 11.3 Å². The molecule has 0 saturated heterocycles. The molecule has 5 nitrogen and oxygen atoms in total. The minimum absolute atomic E-state index is 0.165. The van der Waals surface area contributed by atoms with Crippen molar-refractivity contribution in [2.75, 3.05) is 14.2 Å². The van der Waals surface area contributed by atoms with Crippen molar-refractivity contribution in [3.63, 3.8) is 0 Å². The number of hydrogen-bond acceptors (Lipinski definition) is 3. The number of nitrogens with zero attached hydrogens (tertiary/aromatic N) is 3. The largest absolute Gasteiger partial charge is 0.494 e. The van der Waals surface area contributed by atoms with E-state index in [0.717, 1.165) is 36.2 Å². The van der Waals surface area contributed by atoms with E-state index in [4.69, 9.17) is 4.74 Å². The maximum atomic E-state index is 14.0. The Balaban J connectivity index is 1.61. The maximum Gasteiger partial charge on any atom is 0.274 e. The van der Waals surface area contributed by atoms with Gasteiger partial charge in [-0.1, -0.05) is 6.07 Å². The van der Waals surface area contributed by atoms with Gasteiger partial charge in [0.2, 0.25) is 0 Å². The second-order valence-corrected chi connectivity index (χ2v) is 7.15. The predicted molar refractivity (Wildman–Crippen MR) is 104 cm³/mol. The molecule has 0 fully saturated rings. The van der Waals surface area contributed by atoms with Gasteiger partial charge in [0, 0.05) is 24.8 Å². The highest BCUT2D eigenvalue weighted by atomic mass is 19.1. The van der Waals surface area contributed by atoms with Crippen LogP contribution in [0, 0.1) is 11.6 Å². The van der Waals surface area contributed by atoms with Crippen LogP contribution in [-0.2, 0) is 19.4 Å². The van der Waals surface area contributed by atoms with Gasteiger partial charge in [-0.25, -0.2) is 13.5 Å². The molecule has 0 radical (unpaired) electrons. The molecule has 1 aromatic heterocycles. The summed E-state index contributed by atoms with van der Waals surface area (Å²) in [6, 6.07) is 10.7. The Morgan fingerprint density at radius 2 is 1.93 bits per heavy atom. The molecule has 0 bridgehead atoms. The van der Waals surface area contributed by atoms with E-state index in [9.17, 15) is 13.6 Å². The molecular formula is C22H21F2N3O2. The molecule has 0 aliphatic heterocycles. The molecule has 0 N–H and O–H groups in total. The summed E-state index contributed by atoms with van der Waals surface area (Å²) >= 11 is 0. The molecule has 0 spiro atoms. The average molecular weight is 397 g/mol. The summed E-state index contributed by atoms with van der Waals surface area (Å²) in [7, 11) is 3.08. The van der Waals surface area contributed by atoms with Crippen molar-refractivity contribution in [1.29, 1.82) is 0 Å². The zero-order valence-corrected chi connectivity index (χ0v) is 16.3. The van der Waals surface area contributed by atoms with Gasteiger partial charge < -0.3 is 9.64 Å². The first-order valence-electron chi connectivity index (χ1n) is 9.42. The Labute approximate surface area is 167 Å². The number of methoxy groups -OCH3 is 1. The van der Waals surface area contributed by atoms with Crippen LogP contribution < -0.4 is 4.74 Å². The van der Waals surface area contributed by atoms with E-state index < -0.39 is 5.82 Å². The minimum Gasteiger partial charge on any atom is -0.494 e. The van der Waals surface area contributed by atoms with Gasteiger partial charge in [0.05, 0.1) is 12.8 Å². The summed E-state index contributed by atoms with van der Waals surface area (Å²) in [5.74, 6) is -0.841. The number of rotatable bonds is 5. The number of carbonyl (C=O) groups excluding carboxylic acids is 1. The van der Waals surface area contributed by atoms with E-state index in [1.807, 2.05) is 0 Å². The average Bonchev–Trinajstić information content (AvgIpc) is 3.31. The van der Waals surface area contributed by atoms with E-state index in [-0.39, 0.29) is 24.0 Å². The van der Waals surface area contributed by atoms with E-state index in [1.165, 1.54) is 30.2 Å². The standard InChI is InChI=1S/C22H21F2N3O2/c1-26(13-14-6-11-20(29-2)18(24)12-14)22(28)21-17-4-3-5-19(17)27(25-21)16-9-7-15(23)8-10-16/h6-12H,3-5,13H2,1-2H3. The highest BCUT2D eigenvalue weighted by Gasteiger charge is 2.28. The lowest BCUT2D eigenvalue weighted by Crippen LogP contribution is -2.27. The van der Waals surface area contributed by atoms with Crippen LogP contribution in [0.2, 0.25) is 0 Å². The summed E-state index contributed by atoms with van der Waals surface area (Å²) in [4.78, 5) is 14.6. The first-order valence-corrected chi connectivity index (χ1v) is 9.42. The van der Waals surface area contributed by atoms with Gasteiger partial charge in [-0.3, -0.25) is 4.79 Å². The van der Waals surface area contributed by atoms with Crippen LogP contribution in [-0.4, -0.2) is 34.7 Å². The molecule has 7 heteroatoms. The van der Waals surface area contributed by atoms with Crippen LogP contribution in [0.25, 0.3) is 5.69 Å². The van der Waals surface area contributed by atoms with Crippen LogP contribution in [0.4, 0.5) is 8.78 Å². The minimum atomic E-state index is -0.465. The third-order valence-electron chi connectivity index (χ3n) is 5.19. The van der Waals surface area contributed by atoms with E-state index in [1.54, 1.807) is 36.0 Å². The maximum absolute atomic E-state index is 14.0. The Bertz CT molecular complexity index is 1060. The Morgan fingerprint density at radius 3 is 2.62 bits per heavy atom. The lowest BCUT2D eigenvalue weighted by atomic mass is 10.1. The smallest absolute Gasteiger partial charge is 0.274 e. The zero-order chi connectivity index (χ0) is 20.5. The molecule has 0 saturated carbocycles. The summed E-state index contributed by atoms with van der Waals surface area (Å²) in [6.45, 7) is 0.248. The van der Waals surface area contributed by atoms with Gasteiger partial charge >= 0.3 is 0 Å². The monoisotopic (exact) mass is 397 g/mol. The molecular weight excluding hydrogens is 376 g/mol. The van der Waals surface area contributed by atoms with Crippen LogP contribution >= 0.6 is 0 Å². The van der Waals surface area contributed by atoms with Crippen LogP contribution in [0.15, 0.2) is 42.5 Å². The summed E-state index contributed by atoms with van der Waals surface area (Å²) in [5, 5.41) is 4.55. The van der Waals surface area contributed by atoms with Crippen molar-refractivity contribution in [3.05, 3.63) is 76.6 Å². The van der Waals surface area contributed by atoms with Crippen molar-refractivity contribution in [2.45, 2.75) is 25.8 Å². The van der Waals surface area contributed by atoms with Crippen LogP contribution in [0.1, 0.15) is 33.7 Å². The fourth-order valence-electron chi connectivity index (χ4n) is 3.74. The summed E-state index contributed by atoms with van der Waals surface area (Å²) in [5.41, 5.74) is 3.71. The van der Waals surface area contributed by atoms with Crippen molar-refractivity contribution < 1.29 is 18.3 Å². The fraction of sp³-hybridized carbons (Fsp3) is 0.273. The molecule has 150 valence electrons. The predicted octanol–water partition coefficient (Wildman–Crippen LogP) is 3.92. The van der Waals surface area contributed by atoms with Crippen molar-refractivity contribution in [1.82, 2.24) is 14.7 Å². The number of ether oxygens (including phenoxy) is 1. The number of benzene rings is 2. The van der Waals surface area contributed by atoms with Crippen molar-refractivity contribution in [3.8, 4) is 11.4 Å². The second-order valence-electron chi connectivity index (χ2n) is 7.15. The molecule has 0 atom stereocenters. The first kappa shape index (κ1) is 19.1. The number of aromatic nitrogens is 2. The summed E-state index contributed by atoms with van der Waals surface area (Å²) < 4.78 is 33.9. The quantitative estimate of drug-likeness (QED) is 0.656. The van der Waals surface area contributed by atoms with Gasteiger partial charge in [-0.2, -0.15) is 5.10 Å². The number of fused-ring (bicyclic) bond motifs is 1. The van der Waals surface area contributed by atoms with Crippen LogP contribution in [0.5, 0.6) is 5.75 Å². The lowest BCUT2D eigenvalue weighted by Gasteiger charge is -2.17. The summed E-state index contributed by atoms with van der Waals surface area (Å²) in [6.07, 6.45) is 2.55. The molecule has 4 rings (SSSR count). The third kappa shape index (κ3) is 3.60. The Morgan fingerprint density at radius 1 is 1.17 bits per heavy atom. The van der Waals surface area contributed by atoms with Crippen molar-refractivity contribution >= 4 is 5.91 Å². The number of hydrogen-bond donors (Lipinski definition) is 0. The van der Waals surface area contributed by atoms with Crippen molar-refractivity contribution in [2.24, 2.45) is 0 Å². The van der Waals surface area contributed by atoms with Gasteiger partial charge in [-0.05, 0) is 61.2 Å². The fourth-order valence-corrected chi connectivity index (χ4v) is 3.74. The molecule has 0 unspecified atom stereocenters. The van der Waals surface area contributed by atoms with E-state index in [2.05, 4.69) is 5.10 Å². The molecule has 1 amide bonds. The van der Waals surface area contributed by atoms with E-state index >= 15 is 0 Å².